The molecule has 6 heteroatoms. The number of para-hydroxylation sites is 1. The lowest BCUT2D eigenvalue weighted by atomic mass is 9.68. The number of hydrogen-bond donors (Lipinski definition) is 1. The number of thioether (sulfide) groups is 1. The molecule has 2 aromatic carbocycles. The number of nitrogens with one attached hydrogen (secondary N) is 1. The lowest BCUT2D eigenvalue weighted by Crippen LogP contribution is -2.40. The molecule has 5 rings (SSSR count). The second-order valence-corrected chi connectivity index (χ2v) is 10.6. The molecule has 0 radical (unpaired) electrons. The maximum Gasteiger partial charge on any atom is 0.258 e. The van der Waals surface area contributed by atoms with E-state index in [1.165, 1.54) is 17.3 Å². The number of nitrogens with zero attached hydrogens (tertiary/aromatic N) is 2. The molecule has 1 N–H and O–H groups in total. The summed E-state index contributed by atoms with van der Waals surface area (Å²) in [6, 6.07) is 17.7. The van der Waals surface area contributed by atoms with Crippen LogP contribution >= 0.6 is 11.8 Å². The normalized spacial score (nSPS) is 16.5. The highest BCUT2D eigenvalue weighted by atomic mass is 32.2. The second-order valence-electron chi connectivity index (χ2n) is 9.26. The lowest BCUT2D eigenvalue weighted by Gasteiger charge is -2.36. The van der Waals surface area contributed by atoms with Gasteiger partial charge in [-0.25, -0.2) is 4.98 Å². The maximum atomic E-state index is 14.0. The number of aromatic nitrogens is 2. The van der Waals surface area contributed by atoms with E-state index in [-0.39, 0.29) is 16.9 Å². The van der Waals surface area contributed by atoms with Gasteiger partial charge in [-0.1, -0.05) is 73.1 Å². The van der Waals surface area contributed by atoms with E-state index < -0.39 is 5.25 Å². The fourth-order valence-corrected chi connectivity index (χ4v) is 6.31. The quantitative estimate of drug-likeness (QED) is 0.289. The second kappa shape index (κ2) is 9.26. The number of anilines is 1. The first kappa shape index (κ1) is 22.7. The van der Waals surface area contributed by atoms with E-state index in [1.807, 2.05) is 43.3 Å². The molecular weight excluding hydrogens is 442 g/mol. The van der Waals surface area contributed by atoms with Crippen LogP contribution in [0.5, 0.6) is 0 Å². The molecule has 1 amide bonds. The van der Waals surface area contributed by atoms with E-state index >= 15 is 0 Å². The van der Waals surface area contributed by atoms with Gasteiger partial charge >= 0.3 is 0 Å². The van der Waals surface area contributed by atoms with Gasteiger partial charge in [0.25, 0.3) is 5.56 Å². The average molecular weight is 472 g/mol. The molecule has 174 valence electrons. The SMILES string of the molecule is C=CCn1c(S[C@@H](C)C(=O)Nc2ccccc2)nc2c(c1=O)C1(CCCC1)Cc1ccccc1-2. The van der Waals surface area contributed by atoms with Crippen LogP contribution in [0.3, 0.4) is 0 Å². The summed E-state index contributed by atoms with van der Waals surface area (Å²) in [6.45, 7) is 6.08. The van der Waals surface area contributed by atoms with Gasteiger partial charge < -0.3 is 5.32 Å². The maximum absolute atomic E-state index is 14.0. The summed E-state index contributed by atoms with van der Waals surface area (Å²) in [5, 5.41) is 3.08. The predicted octanol–water partition coefficient (Wildman–Crippen LogP) is 5.58. The number of rotatable bonds is 6. The number of fused-ring (bicyclic) bond motifs is 4. The van der Waals surface area contributed by atoms with Crippen LogP contribution in [0.15, 0.2) is 77.2 Å². The molecule has 1 saturated carbocycles. The van der Waals surface area contributed by atoms with Crippen molar-refractivity contribution in [1.82, 2.24) is 9.55 Å². The van der Waals surface area contributed by atoms with Gasteiger partial charge in [0.05, 0.1) is 16.5 Å². The van der Waals surface area contributed by atoms with Crippen LogP contribution in [0, 0.1) is 0 Å². The standard InChI is InChI=1S/C28H29N3O2S/c1-3-17-31-26(33)23-24(22-14-8-7-11-20(22)18-28(23)15-9-10-16-28)30-27(31)34-19(2)25(32)29-21-12-5-4-6-13-21/h3-8,11-14,19H,1,9-10,15-18H2,2H3,(H,29,32)/t19-/m0/s1. The van der Waals surface area contributed by atoms with Crippen molar-refractivity contribution in [2.75, 3.05) is 5.32 Å². The van der Waals surface area contributed by atoms with Crippen molar-refractivity contribution in [3.05, 3.63) is 88.7 Å². The minimum absolute atomic E-state index is 0.0134. The Morgan fingerprint density at radius 3 is 2.62 bits per heavy atom. The van der Waals surface area contributed by atoms with Crippen LogP contribution in [0.25, 0.3) is 11.3 Å². The molecule has 3 aromatic rings. The van der Waals surface area contributed by atoms with E-state index in [9.17, 15) is 9.59 Å². The van der Waals surface area contributed by atoms with Crippen LogP contribution in [0.2, 0.25) is 0 Å². The van der Waals surface area contributed by atoms with Crippen LogP contribution in [-0.2, 0) is 23.2 Å². The zero-order valence-corrected chi connectivity index (χ0v) is 20.2. The van der Waals surface area contributed by atoms with Crippen molar-refractivity contribution >= 4 is 23.4 Å². The number of allylic oxidation sites excluding steroid dienone is 1. The molecule has 1 atom stereocenters. The first-order chi connectivity index (χ1) is 16.5. The van der Waals surface area contributed by atoms with Gasteiger partial charge in [-0.2, -0.15) is 0 Å². The summed E-state index contributed by atoms with van der Waals surface area (Å²) < 4.78 is 1.71. The van der Waals surface area contributed by atoms with E-state index in [2.05, 4.69) is 30.1 Å². The largest absolute Gasteiger partial charge is 0.325 e. The predicted molar refractivity (Wildman–Crippen MR) is 138 cm³/mol. The van der Waals surface area contributed by atoms with E-state index in [0.29, 0.717) is 11.7 Å². The Hall–Kier alpha value is -3.12. The Morgan fingerprint density at radius 1 is 1.18 bits per heavy atom. The number of carbonyl (C=O) groups excluding carboxylic acids is 1. The first-order valence-electron chi connectivity index (χ1n) is 11.9. The van der Waals surface area contributed by atoms with Gasteiger partial charge in [-0.3, -0.25) is 14.2 Å². The fraction of sp³-hybridized carbons (Fsp3) is 0.321. The Balaban J connectivity index is 1.58. The zero-order chi connectivity index (χ0) is 23.7. The summed E-state index contributed by atoms with van der Waals surface area (Å²) in [6.07, 6.45) is 6.92. The Bertz CT molecular complexity index is 1290. The molecule has 0 saturated heterocycles. The highest BCUT2D eigenvalue weighted by molar-refractivity contribution is 8.00. The molecule has 0 aliphatic heterocycles. The molecular formula is C28H29N3O2S. The Labute approximate surface area is 204 Å². The molecule has 0 bridgehead atoms. The van der Waals surface area contributed by atoms with Crippen LogP contribution < -0.4 is 10.9 Å². The first-order valence-corrected chi connectivity index (χ1v) is 12.8. The molecule has 1 heterocycles. The van der Waals surface area contributed by atoms with Crippen LogP contribution in [-0.4, -0.2) is 20.7 Å². The number of benzene rings is 2. The monoisotopic (exact) mass is 471 g/mol. The van der Waals surface area contributed by atoms with Gasteiger partial charge in [-0.05, 0) is 43.9 Å². The summed E-state index contributed by atoms with van der Waals surface area (Å²) in [5.41, 5.74) is 4.58. The molecule has 0 unspecified atom stereocenters. The van der Waals surface area contributed by atoms with Crippen molar-refractivity contribution in [3.63, 3.8) is 0 Å². The molecule has 1 spiro atoms. The summed E-state index contributed by atoms with van der Waals surface area (Å²) >= 11 is 1.32. The number of hydrogen-bond acceptors (Lipinski definition) is 4. The number of amides is 1. The van der Waals surface area contributed by atoms with Gasteiger partial charge in [0, 0.05) is 23.2 Å². The molecule has 2 aliphatic carbocycles. The molecule has 5 nitrogen and oxygen atoms in total. The fourth-order valence-electron chi connectivity index (χ4n) is 5.40. The highest BCUT2D eigenvalue weighted by Gasteiger charge is 2.44. The van der Waals surface area contributed by atoms with Gasteiger partial charge in [0.15, 0.2) is 5.16 Å². The third kappa shape index (κ3) is 4.00. The smallest absolute Gasteiger partial charge is 0.258 e. The van der Waals surface area contributed by atoms with Gasteiger partial charge in [0.1, 0.15) is 0 Å². The topological polar surface area (TPSA) is 64.0 Å². The van der Waals surface area contributed by atoms with Crippen molar-refractivity contribution in [3.8, 4) is 11.3 Å². The lowest BCUT2D eigenvalue weighted by molar-refractivity contribution is -0.115. The van der Waals surface area contributed by atoms with Crippen molar-refractivity contribution < 1.29 is 4.79 Å². The number of carbonyl (C=O) groups is 1. The molecule has 2 aliphatic rings. The Morgan fingerprint density at radius 2 is 1.88 bits per heavy atom. The summed E-state index contributed by atoms with van der Waals surface area (Å²) in [4.78, 5) is 32.0. The van der Waals surface area contributed by atoms with Crippen molar-refractivity contribution in [2.24, 2.45) is 0 Å². The summed E-state index contributed by atoms with van der Waals surface area (Å²) in [5.74, 6) is -0.124. The Kier molecular flexibility index (Phi) is 6.17. The molecule has 1 aromatic heterocycles. The average Bonchev–Trinajstić information content (AvgIpc) is 3.30. The van der Waals surface area contributed by atoms with E-state index in [4.69, 9.17) is 4.98 Å². The van der Waals surface area contributed by atoms with Gasteiger partial charge in [0.2, 0.25) is 5.91 Å². The minimum Gasteiger partial charge on any atom is -0.325 e. The van der Waals surface area contributed by atoms with Crippen LogP contribution in [0.4, 0.5) is 5.69 Å². The molecule has 34 heavy (non-hydrogen) atoms. The van der Waals surface area contributed by atoms with Crippen molar-refractivity contribution in [2.45, 2.75) is 61.4 Å². The summed E-state index contributed by atoms with van der Waals surface area (Å²) in [7, 11) is 0. The van der Waals surface area contributed by atoms with Crippen LogP contribution in [0.1, 0.15) is 43.7 Å². The van der Waals surface area contributed by atoms with E-state index in [0.717, 1.165) is 54.6 Å². The zero-order valence-electron chi connectivity index (χ0n) is 19.4. The molecule has 1 fully saturated rings. The van der Waals surface area contributed by atoms with E-state index in [1.54, 1.807) is 10.6 Å². The highest BCUT2D eigenvalue weighted by Crippen LogP contribution is 2.50. The third-order valence-corrected chi connectivity index (χ3v) is 8.12. The third-order valence-electron chi connectivity index (χ3n) is 7.03. The van der Waals surface area contributed by atoms with Crippen molar-refractivity contribution in [1.29, 1.82) is 0 Å². The van der Waals surface area contributed by atoms with Gasteiger partial charge in [-0.15, -0.1) is 6.58 Å². The minimum atomic E-state index is -0.430.